The van der Waals surface area contributed by atoms with E-state index in [4.69, 9.17) is 10.00 Å². The van der Waals surface area contributed by atoms with E-state index in [1.165, 1.54) is 6.92 Å². The number of benzene rings is 1. The zero-order valence-electron chi connectivity index (χ0n) is 7.99. The minimum atomic E-state index is 0.00994. The molecule has 0 radical (unpaired) electrons. The highest BCUT2D eigenvalue weighted by molar-refractivity contribution is 5.94. The van der Waals surface area contributed by atoms with Crippen molar-refractivity contribution in [3.05, 3.63) is 29.8 Å². The number of carbonyl (C=O) groups excluding carboxylic acids is 1. The van der Waals surface area contributed by atoms with Crippen molar-refractivity contribution in [2.45, 2.75) is 13.3 Å². The second-order valence-electron chi connectivity index (χ2n) is 2.84. The summed E-state index contributed by atoms with van der Waals surface area (Å²) < 4.78 is 5.26. The Kier molecular flexibility index (Phi) is 3.69. The Balaban J connectivity index is 2.65. The van der Waals surface area contributed by atoms with Gasteiger partial charge in [0.15, 0.2) is 5.78 Å². The summed E-state index contributed by atoms with van der Waals surface area (Å²) in [7, 11) is 0. The van der Waals surface area contributed by atoms with E-state index >= 15 is 0 Å². The number of ketones is 1. The van der Waals surface area contributed by atoms with Gasteiger partial charge in [-0.25, -0.2) is 0 Å². The lowest BCUT2D eigenvalue weighted by atomic mass is 10.1. The van der Waals surface area contributed by atoms with Gasteiger partial charge in [0.05, 0.1) is 12.5 Å². The lowest BCUT2D eigenvalue weighted by Crippen LogP contribution is -1.97. The number of nitriles is 1. The van der Waals surface area contributed by atoms with Crippen molar-refractivity contribution >= 4 is 5.78 Å². The molecule has 0 aliphatic heterocycles. The average Bonchev–Trinajstić information content (AvgIpc) is 2.19. The normalized spacial score (nSPS) is 9.14. The van der Waals surface area contributed by atoms with Crippen molar-refractivity contribution in [1.82, 2.24) is 0 Å². The third-order valence-electron chi connectivity index (χ3n) is 1.72. The van der Waals surface area contributed by atoms with Crippen LogP contribution in [0.3, 0.4) is 0 Å². The van der Waals surface area contributed by atoms with E-state index in [2.05, 4.69) is 0 Å². The summed E-state index contributed by atoms with van der Waals surface area (Å²) in [6.07, 6.45) is 0.351. The molecule has 0 saturated carbocycles. The maximum atomic E-state index is 11.0. The number of rotatable bonds is 4. The smallest absolute Gasteiger partial charge is 0.159 e. The molecule has 0 aromatic heterocycles. The van der Waals surface area contributed by atoms with Crippen molar-refractivity contribution in [3.63, 3.8) is 0 Å². The van der Waals surface area contributed by atoms with Crippen LogP contribution in [0.4, 0.5) is 0 Å². The molecule has 0 saturated heterocycles. The zero-order valence-corrected chi connectivity index (χ0v) is 7.99. The fourth-order valence-corrected chi connectivity index (χ4v) is 1.02. The van der Waals surface area contributed by atoms with E-state index < -0.39 is 0 Å². The van der Waals surface area contributed by atoms with Crippen molar-refractivity contribution < 1.29 is 9.53 Å². The summed E-state index contributed by atoms with van der Waals surface area (Å²) in [5.74, 6) is 0.642. The fraction of sp³-hybridized carbons (Fsp3) is 0.273. The maximum absolute atomic E-state index is 11.0. The van der Waals surface area contributed by atoms with Crippen molar-refractivity contribution in [2.24, 2.45) is 0 Å². The molecule has 0 fully saturated rings. The molecule has 3 heteroatoms. The lowest BCUT2D eigenvalue weighted by molar-refractivity contribution is 0.101. The molecule has 1 aromatic carbocycles. The Morgan fingerprint density at radius 2 is 2.36 bits per heavy atom. The Morgan fingerprint density at radius 3 is 3.00 bits per heavy atom. The van der Waals surface area contributed by atoms with E-state index in [0.29, 0.717) is 24.3 Å². The van der Waals surface area contributed by atoms with Gasteiger partial charge in [0.1, 0.15) is 12.4 Å². The number of ether oxygens (including phenoxy) is 1. The molecule has 0 amide bonds. The molecule has 0 bridgehead atoms. The molecule has 72 valence electrons. The second kappa shape index (κ2) is 5.03. The Morgan fingerprint density at radius 1 is 1.57 bits per heavy atom. The Hall–Kier alpha value is -1.82. The van der Waals surface area contributed by atoms with Crippen LogP contribution >= 0.6 is 0 Å². The molecule has 0 aliphatic carbocycles. The molecular weight excluding hydrogens is 178 g/mol. The van der Waals surface area contributed by atoms with Crippen LogP contribution in [0.15, 0.2) is 24.3 Å². The van der Waals surface area contributed by atoms with Crippen molar-refractivity contribution in [1.29, 1.82) is 5.26 Å². The Labute approximate surface area is 82.9 Å². The van der Waals surface area contributed by atoms with E-state index in [1.807, 2.05) is 6.07 Å². The van der Waals surface area contributed by atoms with Crippen molar-refractivity contribution in [2.75, 3.05) is 6.61 Å². The SMILES string of the molecule is CC(=O)c1cccc(OCCC#N)c1. The molecule has 0 aliphatic rings. The molecule has 1 rings (SSSR count). The Bertz CT molecular complexity index is 366. The molecule has 0 atom stereocenters. The minimum Gasteiger partial charge on any atom is -0.493 e. The number of carbonyl (C=O) groups is 1. The predicted octanol–water partition coefficient (Wildman–Crippen LogP) is 2.18. The van der Waals surface area contributed by atoms with Gasteiger partial charge < -0.3 is 4.74 Å². The van der Waals surface area contributed by atoms with Crippen molar-refractivity contribution in [3.8, 4) is 11.8 Å². The highest BCUT2D eigenvalue weighted by atomic mass is 16.5. The van der Waals surface area contributed by atoms with Gasteiger partial charge in [0.25, 0.3) is 0 Å². The highest BCUT2D eigenvalue weighted by Gasteiger charge is 2.00. The molecule has 0 unspecified atom stereocenters. The van der Waals surface area contributed by atoms with Crippen LogP contribution in [0, 0.1) is 11.3 Å². The van der Waals surface area contributed by atoms with E-state index in [1.54, 1.807) is 24.3 Å². The topological polar surface area (TPSA) is 50.1 Å². The van der Waals surface area contributed by atoms with Gasteiger partial charge >= 0.3 is 0 Å². The predicted molar refractivity (Wildman–Crippen MR) is 52.2 cm³/mol. The van der Waals surface area contributed by atoms with Crippen LogP contribution in [0.25, 0.3) is 0 Å². The zero-order chi connectivity index (χ0) is 10.4. The van der Waals surface area contributed by atoms with Gasteiger partial charge in [-0.05, 0) is 19.1 Å². The molecule has 14 heavy (non-hydrogen) atoms. The summed E-state index contributed by atoms with van der Waals surface area (Å²) in [6.45, 7) is 1.87. The number of hydrogen-bond donors (Lipinski definition) is 0. The molecular formula is C11H11NO2. The van der Waals surface area contributed by atoms with Crippen LogP contribution in [-0.4, -0.2) is 12.4 Å². The third-order valence-corrected chi connectivity index (χ3v) is 1.72. The minimum absolute atomic E-state index is 0.00994. The largest absolute Gasteiger partial charge is 0.493 e. The molecule has 3 nitrogen and oxygen atoms in total. The van der Waals surface area contributed by atoms with Crippen LogP contribution in [0.5, 0.6) is 5.75 Å². The maximum Gasteiger partial charge on any atom is 0.159 e. The molecule has 0 heterocycles. The summed E-state index contributed by atoms with van der Waals surface area (Å²) in [6, 6.07) is 8.93. The van der Waals surface area contributed by atoms with Crippen LogP contribution in [0.2, 0.25) is 0 Å². The summed E-state index contributed by atoms with van der Waals surface area (Å²) in [5, 5.41) is 8.30. The first-order chi connectivity index (χ1) is 6.74. The lowest BCUT2D eigenvalue weighted by Gasteiger charge is -2.04. The fourth-order valence-electron chi connectivity index (χ4n) is 1.02. The first-order valence-electron chi connectivity index (χ1n) is 4.35. The van der Waals surface area contributed by atoms with E-state index in [-0.39, 0.29) is 5.78 Å². The van der Waals surface area contributed by atoms with Crippen LogP contribution in [-0.2, 0) is 0 Å². The first kappa shape index (κ1) is 10.3. The van der Waals surface area contributed by atoms with Crippen LogP contribution in [0.1, 0.15) is 23.7 Å². The first-order valence-corrected chi connectivity index (χ1v) is 4.35. The summed E-state index contributed by atoms with van der Waals surface area (Å²) in [5.41, 5.74) is 0.624. The van der Waals surface area contributed by atoms with Gasteiger partial charge in [0.2, 0.25) is 0 Å². The monoisotopic (exact) mass is 189 g/mol. The third kappa shape index (κ3) is 2.91. The van der Waals surface area contributed by atoms with E-state index in [0.717, 1.165) is 0 Å². The van der Waals surface area contributed by atoms with Crippen LogP contribution < -0.4 is 4.74 Å². The number of nitrogens with zero attached hydrogens (tertiary/aromatic N) is 1. The molecule has 0 N–H and O–H groups in total. The van der Waals surface area contributed by atoms with Gasteiger partial charge in [-0.2, -0.15) is 5.26 Å². The number of Topliss-reactive ketones (excluding diaryl/α,β-unsaturated/α-hetero) is 1. The van der Waals surface area contributed by atoms with Gasteiger partial charge in [-0.15, -0.1) is 0 Å². The number of hydrogen-bond acceptors (Lipinski definition) is 3. The van der Waals surface area contributed by atoms with Gasteiger partial charge in [-0.1, -0.05) is 12.1 Å². The molecule has 1 aromatic rings. The standard InChI is InChI=1S/C11H11NO2/c1-9(13)10-4-2-5-11(8-10)14-7-3-6-12/h2,4-5,8H,3,7H2,1H3. The highest BCUT2D eigenvalue weighted by Crippen LogP contribution is 2.13. The van der Waals surface area contributed by atoms with Gasteiger partial charge in [-0.3, -0.25) is 4.79 Å². The average molecular weight is 189 g/mol. The second-order valence-corrected chi connectivity index (χ2v) is 2.84. The van der Waals surface area contributed by atoms with E-state index in [9.17, 15) is 4.79 Å². The summed E-state index contributed by atoms with van der Waals surface area (Å²) in [4.78, 5) is 11.0. The van der Waals surface area contributed by atoms with Gasteiger partial charge in [0, 0.05) is 5.56 Å². The molecule has 0 spiro atoms. The quantitative estimate of drug-likeness (QED) is 0.538. The summed E-state index contributed by atoms with van der Waals surface area (Å²) >= 11 is 0.